The van der Waals surface area contributed by atoms with Crippen molar-refractivity contribution in [2.24, 2.45) is 5.10 Å². The summed E-state index contributed by atoms with van der Waals surface area (Å²) in [6, 6.07) is 10.0. The number of benzene rings is 1. The van der Waals surface area contributed by atoms with Crippen molar-refractivity contribution in [1.82, 2.24) is 15.6 Å². The normalized spacial score (nSPS) is 11.5. The van der Waals surface area contributed by atoms with E-state index in [0.717, 1.165) is 22.8 Å². The molecule has 6 heteroatoms. The topological polar surface area (TPSA) is 82.2 Å². The number of hydrogen-bond acceptors (Lipinski definition) is 5. The van der Waals surface area contributed by atoms with Crippen LogP contribution in [-0.2, 0) is 4.79 Å². The molecule has 1 aromatic carbocycles. The van der Waals surface area contributed by atoms with E-state index in [9.17, 15) is 4.79 Å². The number of nitrogens with one attached hydrogen (secondary N) is 3. The van der Waals surface area contributed by atoms with Gasteiger partial charge >= 0.3 is 0 Å². The van der Waals surface area contributed by atoms with Gasteiger partial charge in [-0.3, -0.25) is 5.10 Å². The Morgan fingerprint density at radius 3 is 2.56 bits per heavy atom. The minimum atomic E-state index is 0.310. The lowest BCUT2D eigenvalue weighted by molar-refractivity contribution is -0.106. The van der Waals surface area contributed by atoms with Gasteiger partial charge < -0.3 is 15.5 Å². The summed E-state index contributed by atoms with van der Waals surface area (Å²) < 4.78 is 0. The van der Waals surface area contributed by atoms with Gasteiger partial charge in [0.2, 0.25) is 0 Å². The molecule has 0 aliphatic heterocycles. The van der Waals surface area contributed by atoms with Gasteiger partial charge in [-0.2, -0.15) is 10.2 Å². The zero-order valence-electron chi connectivity index (χ0n) is 16.9. The number of aldehydes is 1. The van der Waals surface area contributed by atoms with Crippen LogP contribution in [0, 0.1) is 6.92 Å². The average molecular weight is 370 g/mol. The molecule has 0 aliphatic rings. The Morgan fingerprint density at radius 2 is 2.04 bits per heavy atom. The van der Waals surface area contributed by atoms with E-state index >= 15 is 0 Å². The van der Waals surface area contributed by atoms with Crippen molar-refractivity contribution in [1.29, 1.82) is 0 Å². The quantitative estimate of drug-likeness (QED) is 0.415. The van der Waals surface area contributed by atoms with Crippen LogP contribution in [0.5, 0.6) is 0 Å². The molecule has 0 unspecified atom stereocenters. The summed E-state index contributed by atoms with van der Waals surface area (Å²) in [5, 5.41) is 15.7. The number of allylic oxidation sites excluding steroid dienone is 1. The lowest BCUT2D eigenvalue weighted by Crippen LogP contribution is -2.26. The summed E-state index contributed by atoms with van der Waals surface area (Å²) in [7, 11) is 1.77. The third kappa shape index (κ3) is 9.21. The Kier molecular flexibility index (Phi) is 13.4. The summed E-state index contributed by atoms with van der Waals surface area (Å²) in [5.74, 6) is 0.713. The number of carbonyl (C=O) groups excluding carboxylic acids is 1. The zero-order valence-corrected chi connectivity index (χ0v) is 16.9. The molecule has 0 radical (unpaired) electrons. The van der Waals surface area contributed by atoms with E-state index in [-0.39, 0.29) is 0 Å². The molecule has 0 atom stereocenters. The molecule has 1 aromatic heterocycles. The maximum atomic E-state index is 9.88. The number of hydrazone groups is 1. The van der Waals surface area contributed by atoms with Gasteiger partial charge in [0.1, 0.15) is 12.1 Å². The van der Waals surface area contributed by atoms with E-state index in [2.05, 4.69) is 50.8 Å². The molecule has 0 amide bonds. The van der Waals surface area contributed by atoms with Crippen molar-refractivity contribution in [2.45, 2.75) is 27.7 Å². The number of anilines is 1. The molecule has 2 rings (SSSR count). The monoisotopic (exact) mass is 369 g/mol. The lowest BCUT2D eigenvalue weighted by atomic mass is 10.1. The van der Waals surface area contributed by atoms with Crippen LogP contribution < -0.4 is 21.2 Å². The number of hydrogen-bond donors (Lipinski definition) is 3. The number of nitrogens with zero attached hydrogens (tertiary/aromatic N) is 2. The Balaban J connectivity index is 0.000000488. The van der Waals surface area contributed by atoms with Gasteiger partial charge in [0, 0.05) is 24.4 Å². The minimum Gasteiger partial charge on any atom is -0.362 e. The van der Waals surface area contributed by atoms with E-state index in [0.29, 0.717) is 12.4 Å². The first-order chi connectivity index (χ1) is 13.2. The number of aryl methyl sites for hydroxylation is 1. The third-order valence-electron chi connectivity index (χ3n) is 3.21. The molecule has 0 saturated carbocycles. The largest absolute Gasteiger partial charge is 0.362 e. The second-order valence-corrected chi connectivity index (χ2v) is 5.00. The summed E-state index contributed by atoms with van der Waals surface area (Å²) in [6.45, 7) is 12.0. The van der Waals surface area contributed by atoms with Crippen molar-refractivity contribution in [2.75, 3.05) is 18.9 Å². The lowest BCUT2D eigenvalue weighted by Gasteiger charge is -1.95. The Bertz CT molecular complexity index is 821. The van der Waals surface area contributed by atoms with E-state index in [1.807, 2.05) is 52.0 Å². The second-order valence-electron chi connectivity index (χ2n) is 5.00. The molecule has 27 heavy (non-hydrogen) atoms. The molecule has 0 fully saturated rings. The van der Waals surface area contributed by atoms with Gasteiger partial charge in [-0.05, 0) is 24.3 Å². The van der Waals surface area contributed by atoms with Crippen molar-refractivity contribution in [3.05, 3.63) is 59.1 Å². The number of aromatic amines is 1. The Labute approximate surface area is 161 Å². The van der Waals surface area contributed by atoms with E-state index < -0.39 is 0 Å². The van der Waals surface area contributed by atoms with Crippen molar-refractivity contribution >= 4 is 30.0 Å². The summed E-state index contributed by atoms with van der Waals surface area (Å²) >= 11 is 0. The molecule has 6 nitrogen and oxygen atoms in total. The fraction of sp³-hybridized carbons (Fsp3) is 0.286. The first-order valence-electron chi connectivity index (χ1n) is 8.93. The molecule has 2 aromatic rings. The van der Waals surface area contributed by atoms with Gasteiger partial charge in [0.25, 0.3) is 0 Å². The molecule has 3 N–H and O–H groups in total. The zero-order chi connectivity index (χ0) is 20.5. The number of rotatable bonds is 6. The van der Waals surface area contributed by atoms with Crippen LogP contribution in [-0.4, -0.2) is 36.3 Å². The van der Waals surface area contributed by atoms with Gasteiger partial charge in [-0.1, -0.05) is 56.8 Å². The van der Waals surface area contributed by atoms with Crippen LogP contribution in [0.3, 0.4) is 0 Å². The number of carbonyl (C=O) groups is 1. The highest BCUT2D eigenvalue weighted by atomic mass is 16.1. The maximum Gasteiger partial charge on any atom is 0.148 e. The summed E-state index contributed by atoms with van der Waals surface area (Å²) in [5.41, 5.74) is 4.72. The highest BCUT2D eigenvalue weighted by Crippen LogP contribution is 2.01. The van der Waals surface area contributed by atoms with E-state index in [1.54, 1.807) is 13.3 Å². The standard InChI is InChI=1S/C13H16N2.C6H9N3O.C2H6/c1-4-11-8-6-7-9-13(11)12(5-2)10-15-14-3;1-5-4-6(9-8-5)7-2-3-10;1-2/h4-10,14H,2H2,1,3H3;3-4H,2H2,1H3,(H2,7,8,9);1-2H3/b11-4-,13-12+,15-10+;;. The SMILES string of the molecule is C=CC(/C=N/NC)=c1/cccc/c1=C/C.CC.Cc1cc(NCC=O)n[nH]1. The highest BCUT2D eigenvalue weighted by molar-refractivity contribution is 6.06. The van der Waals surface area contributed by atoms with E-state index in [4.69, 9.17) is 0 Å². The van der Waals surface area contributed by atoms with Crippen LogP contribution in [0.15, 0.2) is 48.1 Å². The van der Waals surface area contributed by atoms with Crippen LogP contribution in [0.2, 0.25) is 0 Å². The predicted molar refractivity (Wildman–Crippen MR) is 116 cm³/mol. The van der Waals surface area contributed by atoms with Crippen LogP contribution in [0.25, 0.3) is 11.6 Å². The highest BCUT2D eigenvalue weighted by Gasteiger charge is 1.93. The van der Waals surface area contributed by atoms with Crippen LogP contribution >= 0.6 is 0 Å². The molecule has 0 saturated heterocycles. The minimum absolute atomic E-state index is 0.310. The van der Waals surface area contributed by atoms with Gasteiger partial charge in [-0.15, -0.1) is 0 Å². The molecule has 0 aliphatic carbocycles. The van der Waals surface area contributed by atoms with Crippen LogP contribution in [0.1, 0.15) is 26.5 Å². The third-order valence-corrected chi connectivity index (χ3v) is 3.21. The molecule has 0 spiro atoms. The summed E-state index contributed by atoms with van der Waals surface area (Å²) in [6.07, 6.45) is 6.45. The molecule has 1 heterocycles. The van der Waals surface area contributed by atoms with E-state index in [1.165, 1.54) is 5.22 Å². The van der Waals surface area contributed by atoms with Crippen molar-refractivity contribution in [3.63, 3.8) is 0 Å². The second kappa shape index (κ2) is 15.1. The molecule has 146 valence electrons. The Hall–Kier alpha value is -3.15. The first kappa shape index (κ1) is 23.9. The van der Waals surface area contributed by atoms with Crippen molar-refractivity contribution < 1.29 is 4.79 Å². The average Bonchev–Trinajstić information content (AvgIpc) is 3.14. The Morgan fingerprint density at radius 1 is 1.33 bits per heavy atom. The smallest absolute Gasteiger partial charge is 0.148 e. The van der Waals surface area contributed by atoms with Crippen molar-refractivity contribution in [3.8, 4) is 0 Å². The molecule has 0 bridgehead atoms. The fourth-order valence-corrected chi connectivity index (χ4v) is 2.03. The van der Waals surface area contributed by atoms with Gasteiger partial charge in [0.15, 0.2) is 0 Å². The number of aromatic nitrogens is 2. The maximum absolute atomic E-state index is 9.88. The number of H-pyrrole nitrogens is 1. The summed E-state index contributed by atoms with van der Waals surface area (Å²) in [4.78, 5) is 9.88. The predicted octanol–water partition coefficient (Wildman–Crippen LogP) is 2.38. The first-order valence-corrected chi connectivity index (χ1v) is 8.93. The molecular weight excluding hydrogens is 338 g/mol. The fourth-order valence-electron chi connectivity index (χ4n) is 2.03. The van der Waals surface area contributed by atoms with Gasteiger partial charge in [-0.25, -0.2) is 0 Å². The van der Waals surface area contributed by atoms with Crippen LogP contribution in [0.4, 0.5) is 5.82 Å². The van der Waals surface area contributed by atoms with Gasteiger partial charge in [0.05, 0.1) is 12.8 Å². The molecular formula is C21H31N5O.